The van der Waals surface area contributed by atoms with Crippen LogP contribution in [0.15, 0.2) is 0 Å². The minimum atomic E-state index is -0.483. The Bertz CT molecular complexity index is 319. The van der Waals surface area contributed by atoms with E-state index in [0.717, 1.165) is 6.54 Å². The summed E-state index contributed by atoms with van der Waals surface area (Å²) < 4.78 is 0. The number of hydrazine groups is 1. The molecule has 0 unspecified atom stereocenters. The number of nitrogens with one attached hydrogen (secondary N) is 2. The predicted octanol–water partition coefficient (Wildman–Crippen LogP) is 1.81. The molecule has 1 aliphatic carbocycles. The molecule has 1 amide bonds. The van der Waals surface area contributed by atoms with Gasteiger partial charge in [0.1, 0.15) is 0 Å². The Kier molecular flexibility index (Phi) is 3.70. The Morgan fingerprint density at radius 1 is 1.17 bits per heavy atom. The summed E-state index contributed by atoms with van der Waals surface area (Å²) in [6.45, 7) is 8.96. The van der Waals surface area contributed by atoms with Gasteiger partial charge in [-0.05, 0) is 40.5 Å². The van der Waals surface area contributed by atoms with Gasteiger partial charge in [0.25, 0.3) is 5.91 Å². The molecule has 0 aromatic heterocycles. The van der Waals surface area contributed by atoms with Crippen molar-refractivity contribution in [2.45, 2.75) is 76.9 Å². The van der Waals surface area contributed by atoms with Crippen LogP contribution in [0.4, 0.5) is 0 Å². The van der Waals surface area contributed by atoms with Gasteiger partial charge in [0.05, 0.1) is 12.1 Å². The molecule has 0 spiro atoms. The molecule has 0 aromatic carbocycles. The second-order valence-electron chi connectivity index (χ2n) is 6.99. The van der Waals surface area contributed by atoms with E-state index in [1.165, 1.54) is 32.1 Å². The van der Waals surface area contributed by atoms with Crippen molar-refractivity contribution in [3.05, 3.63) is 0 Å². The van der Waals surface area contributed by atoms with Gasteiger partial charge < -0.3 is 0 Å². The van der Waals surface area contributed by atoms with Crippen molar-refractivity contribution in [3.63, 3.8) is 0 Å². The van der Waals surface area contributed by atoms with Crippen molar-refractivity contribution >= 4 is 5.91 Å². The van der Waals surface area contributed by atoms with Crippen LogP contribution in [0.25, 0.3) is 0 Å². The molecule has 1 saturated carbocycles. The molecular weight excluding hydrogens is 226 g/mol. The lowest BCUT2D eigenvalue weighted by atomic mass is 9.91. The monoisotopic (exact) mass is 253 g/mol. The van der Waals surface area contributed by atoms with Crippen LogP contribution in [0.5, 0.6) is 0 Å². The zero-order valence-electron chi connectivity index (χ0n) is 12.2. The Morgan fingerprint density at radius 3 is 2.39 bits per heavy atom. The van der Waals surface area contributed by atoms with Crippen LogP contribution in [0, 0.1) is 0 Å². The van der Waals surface area contributed by atoms with E-state index >= 15 is 0 Å². The number of hydrogen-bond donors (Lipinski definition) is 2. The fourth-order valence-electron chi connectivity index (χ4n) is 3.30. The van der Waals surface area contributed by atoms with Crippen molar-refractivity contribution in [2.75, 3.05) is 6.54 Å². The maximum absolute atomic E-state index is 12.4. The summed E-state index contributed by atoms with van der Waals surface area (Å²) in [5, 5.41) is 5.27. The van der Waals surface area contributed by atoms with Gasteiger partial charge in [-0.3, -0.25) is 15.1 Å². The second-order valence-corrected chi connectivity index (χ2v) is 6.99. The van der Waals surface area contributed by atoms with E-state index in [-0.39, 0.29) is 11.4 Å². The SMILES string of the molecule is CC1(C)CN(NC2CCCCC2)C(=O)C(C)(C)N1. The molecule has 2 N–H and O–H groups in total. The molecule has 0 radical (unpaired) electrons. The van der Waals surface area contributed by atoms with E-state index in [9.17, 15) is 4.79 Å². The maximum Gasteiger partial charge on any atom is 0.256 e. The molecule has 1 aliphatic heterocycles. The molecule has 1 saturated heterocycles. The summed E-state index contributed by atoms with van der Waals surface area (Å²) in [7, 11) is 0. The molecule has 2 rings (SSSR count). The van der Waals surface area contributed by atoms with Crippen LogP contribution in [-0.4, -0.2) is 34.6 Å². The van der Waals surface area contributed by atoms with Crippen LogP contribution < -0.4 is 10.7 Å². The average molecular weight is 253 g/mol. The number of hydrogen-bond acceptors (Lipinski definition) is 3. The third-order valence-corrected chi connectivity index (χ3v) is 3.93. The number of carbonyl (C=O) groups is 1. The van der Waals surface area contributed by atoms with Gasteiger partial charge in [0.2, 0.25) is 0 Å². The highest BCUT2D eigenvalue weighted by atomic mass is 16.2. The first-order valence-electron chi connectivity index (χ1n) is 7.18. The number of piperazine rings is 1. The van der Waals surface area contributed by atoms with E-state index < -0.39 is 5.54 Å². The first-order chi connectivity index (χ1) is 8.30. The van der Waals surface area contributed by atoms with Crippen LogP contribution in [0.3, 0.4) is 0 Å². The topological polar surface area (TPSA) is 44.4 Å². The third kappa shape index (κ3) is 3.04. The van der Waals surface area contributed by atoms with Gasteiger partial charge in [-0.15, -0.1) is 0 Å². The van der Waals surface area contributed by atoms with Gasteiger partial charge in [0.15, 0.2) is 0 Å². The molecular formula is C14H27N3O. The minimum absolute atomic E-state index is 0.0426. The van der Waals surface area contributed by atoms with Gasteiger partial charge in [-0.25, -0.2) is 5.43 Å². The standard InChI is InChI=1S/C14H27N3O/c1-13(2)10-17(12(18)14(3,4)16-13)15-11-8-6-5-7-9-11/h11,15-16H,5-10H2,1-4H3. The number of carbonyl (C=O) groups excluding carboxylic acids is 1. The van der Waals surface area contributed by atoms with Crippen molar-refractivity contribution in [1.82, 2.24) is 15.8 Å². The summed E-state index contributed by atoms with van der Waals surface area (Å²) in [5.74, 6) is 0.160. The highest BCUT2D eigenvalue weighted by Crippen LogP contribution is 2.23. The fourth-order valence-corrected chi connectivity index (χ4v) is 3.30. The van der Waals surface area contributed by atoms with E-state index in [2.05, 4.69) is 24.6 Å². The first kappa shape index (κ1) is 13.8. The number of amides is 1. The van der Waals surface area contributed by atoms with Gasteiger partial charge in [0, 0.05) is 11.6 Å². The average Bonchev–Trinajstić information content (AvgIpc) is 2.25. The van der Waals surface area contributed by atoms with Crippen molar-refractivity contribution < 1.29 is 4.79 Å². The first-order valence-corrected chi connectivity index (χ1v) is 7.18. The lowest BCUT2D eigenvalue weighted by molar-refractivity contribution is -0.149. The highest BCUT2D eigenvalue weighted by Gasteiger charge is 2.43. The van der Waals surface area contributed by atoms with Crippen LogP contribution >= 0.6 is 0 Å². The molecule has 2 aliphatic rings. The highest BCUT2D eigenvalue weighted by molar-refractivity contribution is 5.86. The Labute approximate surface area is 110 Å². The molecule has 2 fully saturated rings. The molecule has 18 heavy (non-hydrogen) atoms. The van der Waals surface area contributed by atoms with E-state index in [4.69, 9.17) is 0 Å². The Balaban J connectivity index is 2.03. The van der Waals surface area contributed by atoms with Crippen molar-refractivity contribution in [3.8, 4) is 0 Å². The van der Waals surface area contributed by atoms with Crippen molar-refractivity contribution in [2.24, 2.45) is 0 Å². The lowest BCUT2D eigenvalue weighted by Crippen LogP contribution is -2.72. The second kappa shape index (κ2) is 4.82. The van der Waals surface area contributed by atoms with Gasteiger partial charge >= 0.3 is 0 Å². The largest absolute Gasteiger partial charge is 0.297 e. The Hall–Kier alpha value is -0.610. The molecule has 4 nitrogen and oxygen atoms in total. The van der Waals surface area contributed by atoms with Crippen LogP contribution in [0.2, 0.25) is 0 Å². The van der Waals surface area contributed by atoms with Crippen LogP contribution in [-0.2, 0) is 4.79 Å². The Morgan fingerprint density at radius 2 is 1.78 bits per heavy atom. The normalized spacial score (nSPS) is 28.4. The van der Waals surface area contributed by atoms with Gasteiger partial charge in [-0.2, -0.15) is 0 Å². The van der Waals surface area contributed by atoms with Crippen molar-refractivity contribution in [1.29, 1.82) is 0 Å². The smallest absolute Gasteiger partial charge is 0.256 e. The minimum Gasteiger partial charge on any atom is -0.297 e. The molecule has 1 heterocycles. The maximum atomic E-state index is 12.4. The zero-order valence-corrected chi connectivity index (χ0v) is 12.2. The van der Waals surface area contributed by atoms with E-state index in [1.807, 2.05) is 18.9 Å². The molecule has 0 aromatic rings. The summed E-state index contributed by atoms with van der Waals surface area (Å²) in [5.41, 5.74) is 2.94. The van der Waals surface area contributed by atoms with E-state index in [0.29, 0.717) is 6.04 Å². The molecule has 104 valence electrons. The van der Waals surface area contributed by atoms with Crippen LogP contribution in [0.1, 0.15) is 59.8 Å². The summed E-state index contributed by atoms with van der Waals surface area (Å²) in [6.07, 6.45) is 6.29. The van der Waals surface area contributed by atoms with E-state index in [1.54, 1.807) is 0 Å². The summed E-state index contributed by atoms with van der Waals surface area (Å²) in [6, 6.07) is 0.479. The summed E-state index contributed by atoms with van der Waals surface area (Å²) >= 11 is 0. The molecule has 0 bridgehead atoms. The quantitative estimate of drug-likeness (QED) is 0.789. The summed E-state index contributed by atoms with van der Waals surface area (Å²) in [4.78, 5) is 12.4. The zero-order chi connectivity index (χ0) is 13.4. The molecule has 0 atom stereocenters. The fraction of sp³-hybridized carbons (Fsp3) is 0.929. The predicted molar refractivity (Wildman–Crippen MR) is 73.0 cm³/mol. The third-order valence-electron chi connectivity index (χ3n) is 3.93. The number of nitrogens with zero attached hydrogens (tertiary/aromatic N) is 1. The number of rotatable bonds is 2. The lowest BCUT2D eigenvalue weighted by Gasteiger charge is -2.48. The molecule has 4 heteroatoms. The van der Waals surface area contributed by atoms with Gasteiger partial charge in [-0.1, -0.05) is 19.3 Å².